The Labute approximate surface area is 118 Å². The van der Waals surface area contributed by atoms with Crippen molar-refractivity contribution in [1.29, 1.82) is 0 Å². The van der Waals surface area contributed by atoms with Gasteiger partial charge in [-0.3, -0.25) is 20.2 Å². The summed E-state index contributed by atoms with van der Waals surface area (Å²) in [5.41, 5.74) is -2.25. The SMILES string of the molecule is CCCCCCCC(c1[c]cccc1)([N+](=O)[O-])[N+](=O)[O-]. The Kier molecular flexibility index (Phi) is 6.09. The lowest BCUT2D eigenvalue weighted by Crippen LogP contribution is -2.43. The van der Waals surface area contributed by atoms with E-state index in [1.165, 1.54) is 12.1 Å². The molecule has 0 bridgehead atoms. The van der Waals surface area contributed by atoms with Gasteiger partial charge in [-0.1, -0.05) is 50.8 Å². The Morgan fingerprint density at radius 3 is 2.25 bits per heavy atom. The number of unbranched alkanes of at least 4 members (excludes halogenated alkanes) is 4. The van der Waals surface area contributed by atoms with Crippen molar-refractivity contribution in [1.82, 2.24) is 0 Å². The van der Waals surface area contributed by atoms with Crippen LogP contribution in [-0.4, -0.2) is 9.85 Å². The lowest BCUT2D eigenvalue weighted by atomic mass is 9.94. The molecule has 0 aliphatic carbocycles. The zero-order valence-electron chi connectivity index (χ0n) is 11.6. The molecule has 20 heavy (non-hydrogen) atoms. The maximum atomic E-state index is 11.3. The van der Waals surface area contributed by atoms with E-state index in [0.717, 1.165) is 25.7 Å². The van der Waals surface area contributed by atoms with Crippen molar-refractivity contribution < 1.29 is 9.85 Å². The molecule has 1 rings (SSSR count). The molecule has 0 aliphatic rings. The summed E-state index contributed by atoms with van der Waals surface area (Å²) in [7, 11) is 0. The highest BCUT2D eigenvalue weighted by Gasteiger charge is 2.57. The van der Waals surface area contributed by atoms with Crippen LogP contribution in [-0.2, 0) is 5.66 Å². The van der Waals surface area contributed by atoms with Gasteiger partial charge in [0.05, 0.1) is 6.42 Å². The third kappa shape index (κ3) is 3.53. The van der Waals surface area contributed by atoms with Crippen LogP contribution in [0.5, 0.6) is 0 Å². The lowest BCUT2D eigenvalue weighted by Gasteiger charge is -2.17. The molecule has 0 saturated heterocycles. The lowest BCUT2D eigenvalue weighted by molar-refractivity contribution is -0.811. The number of nitrogens with zero attached hydrogens (tertiary/aromatic N) is 2. The molecule has 1 aromatic rings. The van der Waals surface area contributed by atoms with Crippen molar-refractivity contribution in [3.8, 4) is 0 Å². The van der Waals surface area contributed by atoms with E-state index in [1.807, 2.05) is 0 Å². The molecule has 0 heterocycles. The fourth-order valence-corrected chi connectivity index (χ4v) is 2.20. The molecule has 1 aromatic carbocycles. The summed E-state index contributed by atoms with van der Waals surface area (Å²) >= 11 is 0. The predicted molar refractivity (Wildman–Crippen MR) is 74.3 cm³/mol. The normalized spacial score (nSPS) is 11.2. The highest BCUT2D eigenvalue weighted by atomic mass is 16.7. The third-order valence-corrected chi connectivity index (χ3v) is 3.37. The van der Waals surface area contributed by atoms with Gasteiger partial charge in [0.2, 0.25) is 0 Å². The quantitative estimate of drug-likeness (QED) is 0.299. The van der Waals surface area contributed by atoms with Gasteiger partial charge in [-0.05, 0) is 12.5 Å². The standard InChI is InChI=1S/C14H19N2O4/c1-2-3-4-5-9-12-14(15(17)18,16(19)20)13-10-7-6-8-11-13/h6-8,10H,2-5,9,12H2,1H3. The number of hydrogen-bond donors (Lipinski definition) is 0. The predicted octanol–water partition coefficient (Wildman–Crippen LogP) is 3.55. The van der Waals surface area contributed by atoms with Crippen molar-refractivity contribution in [2.24, 2.45) is 0 Å². The number of benzene rings is 1. The monoisotopic (exact) mass is 279 g/mol. The average molecular weight is 279 g/mol. The second-order valence-corrected chi connectivity index (χ2v) is 4.77. The Balaban J connectivity index is 2.90. The molecule has 0 spiro atoms. The van der Waals surface area contributed by atoms with Crippen LogP contribution in [0.3, 0.4) is 0 Å². The topological polar surface area (TPSA) is 86.3 Å². The highest BCUT2D eigenvalue weighted by molar-refractivity contribution is 5.18. The Bertz CT molecular complexity index is 434. The fourth-order valence-electron chi connectivity index (χ4n) is 2.20. The van der Waals surface area contributed by atoms with Crippen molar-refractivity contribution in [2.75, 3.05) is 0 Å². The van der Waals surface area contributed by atoms with Gasteiger partial charge in [0.1, 0.15) is 15.4 Å². The van der Waals surface area contributed by atoms with E-state index in [4.69, 9.17) is 0 Å². The summed E-state index contributed by atoms with van der Waals surface area (Å²) in [4.78, 5) is 21.1. The maximum Gasteiger partial charge on any atom is 0.484 e. The molecule has 6 nitrogen and oxygen atoms in total. The molecule has 0 aromatic heterocycles. The molecule has 6 heteroatoms. The minimum atomic E-state index is -2.27. The van der Waals surface area contributed by atoms with Gasteiger partial charge < -0.3 is 0 Å². The molecule has 0 aliphatic heterocycles. The van der Waals surface area contributed by atoms with E-state index in [-0.39, 0.29) is 12.0 Å². The van der Waals surface area contributed by atoms with Gasteiger partial charge in [0, 0.05) is 6.07 Å². The smallest absolute Gasteiger partial charge is 0.258 e. The summed E-state index contributed by atoms with van der Waals surface area (Å²) in [5, 5.41) is 22.7. The largest absolute Gasteiger partial charge is 0.484 e. The van der Waals surface area contributed by atoms with E-state index in [2.05, 4.69) is 13.0 Å². The van der Waals surface area contributed by atoms with Gasteiger partial charge in [0.25, 0.3) is 0 Å². The first kappa shape index (κ1) is 16.1. The fraction of sp³-hybridized carbons (Fsp3) is 0.571. The van der Waals surface area contributed by atoms with Crippen LogP contribution in [0.25, 0.3) is 0 Å². The van der Waals surface area contributed by atoms with Gasteiger partial charge in [-0.2, -0.15) is 0 Å². The molecular formula is C14H19N2O4. The van der Waals surface area contributed by atoms with Crippen LogP contribution in [0, 0.1) is 26.3 Å². The summed E-state index contributed by atoms with van der Waals surface area (Å²) in [6, 6.07) is 8.70. The van der Waals surface area contributed by atoms with Crippen LogP contribution in [0.4, 0.5) is 0 Å². The Hall–Kier alpha value is -1.98. The first-order valence-corrected chi connectivity index (χ1v) is 6.82. The Morgan fingerprint density at radius 1 is 1.10 bits per heavy atom. The summed E-state index contributed by atoms with van der Waals surface area (Å²) in [6.45, 7) is 2.07. The maximum absolute atomic E-state index is 11.3. The van der Waals surface area contributed by atoms with Crippen LogP contribution < -0.4 is 0 Å². The van der Waals surface area contributed by atoms with E-state index in [0.29, 0.717) is 6.42 Å². The van der Waals surface area contributed by atoms with Crippen molar-refractivity contribution in [2.45, 2.75) is 51.1 Å². The first-order chi connectivity index (χ1) is 9.55. The summed E-state index contributed by atoms with van der Waals surface area (Å²) in [6.07, 6.45) is 4.18. The second-order valence-electron chi connectivity index (χ2n) is 4.77. The average Bonchev–Trinajstić information content (AvgIpc) is 2.43. The van der Waals surface area contributed by atoms with E-state index < -0.39 is 15.5 Å². The van der Waals surface area contributed by atoms with Crippen LogP contribution >= 0.6 is 0 Å². The number of rotatable bonds is 9. The van der Waals surface area contributed by atoms with Gasteiger partial charge in [0.15, 0.2) is 0 Å². The van der Waals surface area contributed by atoms with Crippen LogP contribution in [0.15, 0.2) is 24.3 Å². The molecule has 0 amide bonds. The number of nitro groups is 2. The molecule has 0 atom stereocenters. The van der Waals surface area contributed by atoms with Crippen molar-refractivity contribution in [3.05, 3.63) is 56.1 Å². The zero-order valence-corrected chi connectivity index (χ0v) is 11.6. The summed E-state index contributed by atoms with van der Waals surface area (Å²) < 4.78 is 0. The molecule has 0 unspecified atom stereocenters. The Morgan fingerprint density at radius 2 is 1.75 bits per heavy atom. The highest BCUT2D eigenvalue weighted by Crippen LogP contribution is 2.31. The van der Waals surface area contributed by atoms with Crippen LogP contribution in [0.2, 0.25) is 0 Å². The minimum Gasteiger partial charge on any atom is -0.258 e. The summed E-state index contributed by atoms with van der Waals surface area (Å²) in [5.74, 6) is 0. The molecule has 0 N–H and O–H groups in total. The van der Waals surface area contributed by atoms with E-state index in [9.17, 15) is 20.2 Å². The zero-order chi connectivity index (χ0) is 15.0. The molecule has 1 radical (unpaired) electrons. The van der Waals surface area contributed by atoms with Gasteiger partial charge >= 0.3 is 5.66 Å². The first-order valence-electron chi connectivity index (χ1n) is 6.82. The second kappa shape index (κ2) is 7.57. The number of hydrogen-bond acceptors (Lipinski definition) is 4. The minimum absolute atomic E-state index is 0.0190. The molecular weight excluding hydrogens is 260 g/mol. The van der Waals surface area contributed by atoms with E-state index in [1.54, 1.807) is 12.1 Å². The van der Waals surface area contributed by atoms with Crippen molar-refractivity contribution in [3.63, 3.8) is 0 Å². The van der Waals surface area contributed by atoms with Gasteiger partial charge in [-0.15, -0.1) is 0 Å². The van der Waals surface area contributed by atoms with Gasteiger partial charge in [-0.25, -0.2) is 0 Å². The van der Waals surface area contributed by atoms with Crippen molar-refractivity contribution >= 4 is 0 Å². The van der Waals surface area contributed by atoms with E-state index >= 15 is 0 Å². The molecule has 0 fully saturated rings. The van der Waals surface area contributed by atoms with Crippen LogP contribution in [0.1, 0.15) is 51.0 Å². The molecule has 0 saturated carbocycles. The third-order valence-electron chi connectivity index (χ3n) is 3.37. The molecule has 109 valence electrons.